The van der Waals surface area contributed by atoms with Crippen LogP contribution in [0.4, 0.5) is 16.2 Å². The molecular formula is C21H34N2O4. The minimum Gasteiger partial charge on any atom is -0.465 e. The van der Waals surface area contributed by atoms with Crippen LogP contribution in [-0.4, -0.2) is 47.7 Å². The lowest BCUT2D eigenvalue weighted by molar-refractivity contribution is 0.0624. The molecule has 1 aliphatic heterocycles. The van der Waals surface area contributed by atoms with Crippen LogP contribution in [0.3, 0.4) is 0 Å². The lowest BCUT2D eigenvalue weighted by Gasteiger charge is -2.36. The Labute approximate surface area is 162 Å². The van der Waals surface area contributed by atoms with Gasteiger partial charge in [-0.05, 0) is 70.1 Å². The fraction of sp³-hybridized carbons (Fsp3) is 0.667. The molecule has 0 bridgehead atoms. The third kappa shape index (κ3) is 6.11. The summed E-state index contributed by atoms with van der Waals surface area (Å²) in [7, 11) is 0. The van der Waals surface area contributed by atoms with E-state index in [0.717, 1.165) is 50.3 Å². The first kappa shape index (κ1) is 21.5. The highest BCUT2D eigenvalue weighted by Gasteiger charge is 2.25. The summed E-state index contributed by atoms with van der Waals surface area (Å²) in [5.74, 6) is 0.173. The van der Waals surface area contributed by atoms with E-state index in [1.165, 1.54) is 0 Å². The van der Waals surface area contributed by atoms with Gasteiger partial charge in [0.15, 0.2) is 0 Å². The quantitative estimate of drug-likeness (QED) is 0.623. The lowest BCUT2D eigenvalue weighted by Crippen LogP contribution is -2.40. The maximum absolute atomic E-state index is 11.4. The van der Waals surface area contributed by atoms with Gasteiger partial charge in [0, 0.05) is 25.8 Å². The number of amides is 1. The number of nitrogens with one attached hydrogen (secondary N) is 1. The number of carboxylic acid groups (broad SMARTS) is 1. The fourth-order valence-corrected chi connectivity index (χ4v) is 4.00. The molecule has 2 rings (SSSR count). The maximum Gasteiger partial charge on any atom is 0.409 e. The van der Waals surface area contributed by atoms with Gasteiger partial charge in [-0.3, -0.25) is 5.32 Å². The minimum atomic E-state index is -1.06. The van der Waals surface area contributed by atoms with Crippen LogP contribution in [0, 0.1) is 0 Å². The summed E-state index contributed by atoms with van der Waals surface area (Å²) in [4.78, 5) is 13.7. The Morgan fingerprint density at radius 3 is 2.52 bits per heavy atom. The molecule has 0 saturated carbocycles. The Bertz CT molecular complexity index is 621. The van der Waals surface area contributed by atoms with Crippen molar-refractivity contribution in [1.82, 2.24) is 0 Å². The van der Waals surface area contributed by atoms with E-state index in [1.54, 1.807) is 0 Å². The first-order valence-electron chi connectivity index (χ1n) is 9.95. The third-order valence-corrected chi connectivity index (χ3v) is 5.25. The van der Waals surface area contributed by atoms with E-state index in [4.69, 9.17) is 4.74 Å². The van der Waals surface area contributed by atoms with Gasteiger partial charge in [-0.25, -0.2) is 4.79 Å². The Hall–Kier alpha value is -1.79. The van der Waals surface area contributed by atoms with Gasteiger partial charge in [-0.15, -0.1) is 0 Å². The van der Waals surface area contributed by atoms with E-state index in [9.17, 15) is 15.0 Å². The van der Waals surface area contributed by atoms with Crippen molar-refractivity contribution in [2.45, 2.75) is 70.9 Å². The normalized spacial score (nSPS) is 16.8. The highest BCUT2D eigenvalue weighted by molar-refractivity contribution is 5.89. The van der Waals surface area contributed by atoms with Crippen molar-refractivity contribution in [3.63, 3.8) is 0 Å². The molecule has 1 amide bonds. The molecule has 0 spiro atoms. The number of anilines is 2. The van der Waals surface area contributed by atoms with Crippen LogP contribution in [0.25, 0.3) is 0 Å². The summed E-state index contributed by atoms with van der Waals surface area (Å²) in [6.45, 7) is 10.1. The van der Waals surface area contributed by atoms with Crippen LogP contribution in [-0.2, 0) is 4.74 Å². The molecule has 1 heterocycles. The van der Waals surface area contributed by atoms with Crippen LogP contribution in [0.1, 0.15) is 64.9 Å². The Morgan fingerprint density at radius 1 is 1.33 bits per heavy atom. The molecular weight excluding hydrogens is 344 g/mol. The second-order valence-electron chi connectivity index (χ2n) is 7.96. The van der Waals surface area contributed by atoms with Crippen molar-refractivity contribution >= 4 is 17.5 Å². The second-order valence-corrected chi connectivity index (χ2v) is 7.96. The van der Waals surface area contributed by atoms with Crippen LogP contribution in [0.5, 0.6) is 0 Å². The minimum absolute atomic E-state index is 0.173. The summed E-state index contributed by atoms with van der Waals surface area (Å²) >= 11 is 0. The zero-order valence-electron chi connectivity index (χ0n) is 17.0. The predicted molar refractivity (Wildman–Crippen MR) is 109 cm³/mol. The molecule has 1 aromatic rings. The summed E-state index contributed by atoms with van der Waals surface area (Å²) < 4.78 is 5.48. The van der Waals surface area contributed by atoms with Crippen molar-refractivity contribution in [2.24, 2.45) is 0 Å². The zero-order chi connectivity index (χ0) is 20.0. The summed E-state index contributed by atoms with van der Waals surface area (Å²) in [5, 5.41) is 22.1. The number of hydrogen-bond acceptors (Lipinski definition) is 4. The van der Waals surface area contributed by atoms with Gasteiger partial charge in [0.2, 0.25) is 0 Å². The highest BCUT2D eigenvalue weighted by Crippen LogP contribution is 2.36. The average molecular weight is 379 g/mol. The second kappa shape index (κ2) is 9.42. The zero-order valence-corrected chi connectivity index (χ0v) is 17.0. The van der Waals surface area contributed by atoms with Gasteiger partial charge < -0.3 is 19.8 Å². The number of carbonyl (C=O) groups is 1. The van der Waals surface area contributed by atoms with Gasteiger partial charge in [0.05, 0.1) is 17.0 Å². The van der Waals surface area contributed by atoms with Crippen molar-refractivity contribution in [3.8, 4) is 0 Å². The number of hydrogen-bond donors (Lipinski definition) is 3. The topological polar surface area (TPSA) is 82.0 Å². The monoisotopic (exact) mass is 378 g/mol. The molecule has 6 heteroatoms. The van der Waals surface area contributed by atoms with Gasteiger partial charge in [-0.2, -0.15) is 0 Å². The van der Waals surface area contributed by atoms with Crippen molar-refractivity contribution in [1.29, 1.82) is 0 Å². The molecule has 6 nitrogen and oxygen atoms in total. The third-order valence-electron chi connectivity index (χ3n) is 5.25. The summed E-state index contributed by atoms with van der Waals surface area (Å²) in [5.41, 5.74) is 1.81. The molecule has 3 N–H and O–H groups in total. The van der Waals surface area contributed by atoms with Gasteiger partial charge in [-0.1, -0.05) is 13.0 Å². The van der Waals surface area contributed by atoms with E-state index in [1.807, 2.05) is 26.0 Å². The van der Waals surface area contributed by atoms with Crippen molar-refractivity contribution in [3.05, 3.63) is 23.8 Å². The summed E-state index contributed by atoms with van der Waals surface area (Å²) in [6.07, 6.45) is 2.34. The van der Waals surface area contributed by atoms with E-state index < -0.39 is 11.7 Å². The van der Waals surface area contributed by atoms with Crippen molar-refractivity contribution in [2.75, 3.05) is 30.0 Å². The Balaban J connectivity index is 2.37. The van der Waals surface area contributed by atoms with Gasteiger partial charge in [0.1, 0.15) is 0 Å². The number of aliphatic hydroxyl groups is 1. The van der Waals surface area contributed by atoms with Crippen LogP contribution < -0.4 is 10.2 Å². The van der Waals surface area contributed by atoms with E-state index in [-0.39, 0.29) is 5.92 Å². The first-order chi connectivity index (χ1) is 12.7. The summed E-state index contributed by atoms with van der Waals surface area (Å²) in [6, 6.07) is 6.38. The number of ether oxygens (including phenoxy) is 1. The SMILES string of the molecule is CCC(CC(C)(C)O)c1ccc(N(CC)C2CCOCC2)c(NC(=O)O)c1. The standard InChI is InChI=1S/C21H34N2O4/c1-5-15(14-21(3,4)26)16-7-8-19(18(13-16)22-20(24)25)23(6-2)17-9-11-27-12-10-17/h7-8,13,15,17,22,26H,5-6,9-12,14H2,1-4H3,(H,24,25). The fourth-order valence-electron chi connectivity index (χ4n) is 4.00. The molecule has 0 aliphatic carbocycles. The molecule has 1 fully saturated rings. The molecule has 1 atom stereocenters. The lowest BCUT2D eigenvalue weighted by atomic mass is 9.85. The molecule has 152 valence electrons. The molecule has 1 unspecified atom stereocenters. The smallest absolute Gasteiger partial charge is 0.409 e. The van der Waals surface area contributed by atoms with Gasteiger partial charge >= 0.3 is 6.09 Å². The molecule has 1 aliphatic rings. The average Bonchev–Trinajstić information content (AvgIpc) is 2.61. The number of rotatable bonds is 8. The Kier molecular flexibility index (Phi) is 7.50. The van der Waals surface area contributed by atoms with E-state index in [0.29, 0.717) is 18.2 Å². The maximum atomic E-state index is 11.4. The van der Waals surface area contributed by atoms with Crippen LogP contribution >= 0.6 is 0 Å². The Morgan fingerprint density at radius 2 is 2.00 bits per heavy atom. The van der Waals surface area contributed by atoms with Gasteiger partial charge in [0.25, 0.3) is 0 Å². The molecule has 0 radical (unpaired) electrons. The first-order valence-corrected chi connectivity index (χ1v) is 9.95. The largest absolute Gasteiger partial charge is 0.465 e. The molecule has 1 saturated heterocycles. The van der Waals surface area contributed by atoms with E-state index in [2.05, 4.69) is 30.1 Å². The van der Waals surface area contributed by atoms with Crippen LogP contribution in [0.2, 0.25) is 0 Å². The molecule has 0 aromatic heterocycles. The molecule has 1 aromatic carbocycles. The number of benzene rings is 1. The van der Waals surface area contributed by atoms with E-state index >= 15 is 0 Å². The molecule has 27 heavy (non-hydrogen) atoms. The van der Waals surface area contributed by atoms with Crippen LogP contribution in [0.15, 0.2) is 18.2 Å². The van der Waals surface area contributed by atoms with Crippen molar-refractivity contribution < 1.29 is 19.7 Å². The predicted octanol–water partition coefficient (Wildman–Crippen LogP) is 4.44. The number of nitrogens with zero attached hydrogens (tertiary/aromatic N) is 1. The highest BCUT2D eigenvalue weighted by atomic mass is 16.5.